The second kappa shape index (κ2) is 7.30. The molecule has 0 fully saturated rings. The van der Waals surface area contributed by atoms with E-state index in [2.05, 4.69) is 31.3 Å². The maximum Gasteiger partial charge on any atom is 0.121 e. The first kappa shape index (κ1) is 14.0. The molecular weight excluding hydrogens is 214 g/mol. The minimum Gasteiger partial charge on any atom is -0.496 e. The lowest BCUT2D eigenvalue weighted by Crippen LogP contribution is -2.22. The fourth-order valence-corrected chi connectivity index (χ4v) is 1.81. The summed E-state index contributed by atoms with van der Waals surface area (Å²) in [5, 5.41) is 3.28. The molecule has 0 saturated heterocycles. The van der Waals surface area contributed by atoms with E-state index in [4.69, 9.17) is 9.47 Å². The van der Waals surface area contributed by atoms with Crippen LogP contribution in [0.2, 0.25) is 0 Å². The Kier molecular flexibility index (Phi) is 6.01. The van der Waals surface area contributed by atoms with E-state index in [1.807, 2.05) is 13.1 Å². The number of likely N-dealkylation sites (N-methyl/N-ethyl adjacent to an activating group) is 1. The van der Waals surface area contributed by atoms with Gasteiger partial charge in [0.25, 0.3) is 0 Å². The molecule has 0 spiro atoms. The van der Waals surface area contributed by atoms with Crippen molar-refractivity contribution in [2.75, 3.05) is 27.4 Å². The molecule has 0 aromatic heterocycles. The van der Waals surface area contributed by atoms with Gasteiger partial charge >= 0.3 is 0 Å². The largest absolute Gasteiger partial charge is 0.496 e. The van der Waals surface area contributed by atoms with Gasteiger partial charge in [-0.2, -0.15) is 0 Å². The molecule has 0 bridgehead atoms. The molecule has 0 saturated carbocycles. The molecule has 0 radical (unpaired) electrons. The molecule has 1 rings (SSSR count). The second-order valence-electron chi connectivity index (χ2n) is 4.15. The molecule has 96 valence electrons. The van der Waals surface area contributed by atoms with Crippen LogP contribution in [0, 0.1) is 6.92 Å². The van der Waals surface area contributed by atoms with Crippen molar-refractivity contribution in [3.63, 3.8) is 0 Å². The lowest BCUT2D eigenvalue weighted by atomic mass is 10.0. The number of nitrogens with one attached hydrogen (secondary N) is 1. The lowest BCUT2D eigenvalue weighted by Gasteiger charge is -2.18. The van der Waals surface area contributed by atoms with Crippen molar-refractivity contribution in [2.45, 2.75) is 26.3 Å². The Labute approximate surface area is 104 Å². The minimum atomic E-state index is 0.242. The standard InChI is InChI=1S/C14H23NO2/c1-5-8-17-10-13(15-3)12-6-7-14(16-4)11(2)9-12/h6-7,9,13,15H,5,8,10H2,1-4H3. The number of rotatable bonds is 7. The highest BCUT2D eigenvalue weighted by atomic mass is 16.5. The third kappa shape index (κ3) is 4.02. The summed E-state index contributed by atoms with van der Waals surface area (Å²) in [6.07, 6.45) is 1.05. The molecule has 0 aliphatic rings. The third-order valence-electron chi connectivity index (χ3n) is 2.80. The van der Waals surface area contributed by atoms with E-state index in [9.17, 15) is 0 Å². The van der Waals surface area contributed by atoms with Crippen LogP contribution in [-0.4, -0.2) is 27.4 Å². The smallest absolute Gasteiger partial charge is 0.121 e. The highest BCUT2D eigenvalue weighted by Crippen LogP contribution is 2.22. The van der Waals surface area contributed by atoms with Gasteiger partial charge in [-0.3, -0.25) is 0 Å². The molecule has 0 aliphatic heterocycles. The quantitative estimate of drug-likeness (QED) is 0.740. The van der Waals surface area contributed by atoms with Gasteiger partial charge in [0.05, 0.1) is 19.8 Å². The minimum absolute atomic E-state index is 0.242. The molecule has 1 aromatic carbocycles. The Morgan fingerprint density at radius 1 is 1.35 bits per heavy atom. The second-order valence-corrected chi connectivity index (χ2v) is 4.15. The first-order valence-corrected chi connectivity index (χ1v) is 6.12. The Hall–Kier alpha value is -1.06. The van der Waals surface area contributed by atoms with E-state index in [0.717, 1.165) is 24.3 Å². The van der Waals surface area contributed by atoms with E-state index in [1.165, 1.54) is 5.56 Å². The number of benzene rings is 1. The van der Waals surface area contributed by atoms with Crippen LogP contribution < -0.4 is 10.1 Å². The van der Waals surface area contributed by atoms with Crippen molar-refractivity contribution in [3.8, 4) is 5.75 Å². The van der Waals surface area contributed by atoms with Gasteiger partial charge < -0.3 is 14.8 Å². The Morgan fingerprint density at radius 3 is 2.65 bits per heavy atom. The Bertz CT molecular complexity index is 339. The first-order chi connectivity index (χ1) is 8.22. The molecule has 0 aliphatic carbocycles. The lowest BCUT2D eigenvalue weighted by molar-refractivity contribution is 0.114. The molecule has 0 amide bonds. The van der Waals surface area contributed by atoms with Crippen molar-refractivity contribution < 1.29 is 9.47 Å². The van der Waals surface area contributed by atoms with Gasteiger partial charge in [0, 0.05) is 6.61 Å². The summed E-state index contributed by atoms with van der Waals surface area (Å²) in [6.45, 7) is 5.69. The van der Waals surface area contributed by atoms with Crippen LogP contribution in [0.1, 0.15) is 30.5 Å². The molecule has 1 unspecified atom stereocenters. The molecule has 0 heterocycles. The number of hydrogen-bond donors (Lipinski definition) is 1. The molecule has 1 aromatic rings. The Balaban J connectivity index is 2.71. The van der Waals surface area contributed by atoms with E-state index in [0.29, 0.717) is 6.61 Å². The highest BCUT2D eigenvalue weighted by Gasteiger charge is 2.10. The van der Waals surface area contributed by atoms with Crippen LogP contribution in [-0.2, 0) is 4.74 Å². The van der Waals surface area contributed by atoms with Gasteiger partial charge in [0.15, 0.2) is 0 Å². The molecule has 3 heteroatoms. The van der Waals surface area contributed by atoms with Crippen LogP contribution in [0.5, 0.6) is 5.75 Å². The van der Waals surface area contributed by atoms with Crippen LogP contribution in [0.4, 0.5) is 0 Å². The number of methoxy groups -OCH3 is 1. The van der Waals surface area contributed by atoms with Gasteiger partial charge in [-0.1, -0.05) is 19.1 Å². The molecule has 3 nitrogen and oxygen atoms in total. The van der Waals surface area contributed by atoms with Crippen LogP contribution in [0.3, 0.4) is 0 Å². The monoisotopic (exact) mass is 237 g/mol. The van der Waals surface area contributed by atoms with Crippen molar-refractivity contribution in [2.24, 2.45) is 0 Å². The van der Waals surface area contributed by atoms with Crippen molar-refractivity contribution in [1.29, 1.82) is 0 Å². The average molecular weight is 237 g/mol. The van der Waals surface area contributed by atoms with Gasteiger partial charge in [-0.15, -0.1) is 0 Å². The number of hydrogen-bond acceptors (Lipinski definition) is 3. The maximum absolute atomic E-state index is 5.59. The van der Waals surface area contributed by atoms with Gasteiger partial charge in [0.1, 0.15) is 5.75 Å². The van der Waals surface area contributed by atoms with Crippen molar-refractivity contribution >= 4 is 0 Å². The first-order valence-electron chi connectivity index (χ1n) is 6.12. The zero-order valence-corrected chi connectivity index (χ0v) is 11.2. The molecule has 1 N–H and O–H groups in total. The van der Waals surface area contributed by atoms with Gasteiger partial charge in [-0.25, -0.2) is 0 Å². The third-order valence-corrected chi connectivity index (χ3v) is 2.80. The average Bonchev–Trinajstić information content (AvgIpc) is 2.35. The number of aryl methyl sites for hydroxylation is 1. The summed E-state index contributed by atoms with van der Waals surface area (Å²) in [7, 11) is 3.65. The van der Waals surface area contributed by atoms with Crippen LogP contribution in [0.25, 0.3) is 0 Å². The fourth-order valence-electron chi connectivity index (χ4n) is 1.81. The molecule has 17 heavy (non-hydrogen) atoms. The summed E-state index contributed by atoms with van der Waals surface area (Å²) in [5.74, 6) is 0.929. The predicted octanol–water partition coefficient (Wildman–Crippen LogP) is 2.69. The van der Waals surface area contributed by atoms with E-state index in [-0.39, 0.29) is 6.04 Å². The van der Waals surface area contributed by atoms with Crippen LogP contribution >= 0.6 is 0 Å². The van der Waals surface area contributed by atoms with E-state index in [1.54, 1.807) is 7.11 Å². The number of ether oxygens (including phenoxy) is 2. The van der Waals surface area contributed by atoms with Crippen molar-refractivity contribution in [1.82, 2.24) is 5.32 Å². The summed E-state index contributed by atoms with van der Waals surface area (Å²) in [6, 6.07) is 6.48. The molecular formula is C14H23NO2. The topological polar surface area (TPSA) is 30.5 Å². The van der Waals surface area contributed by atoms with E-state index >= 15 is 0 Å². The Morgan fingerprint density at radius 2 is 2.12 bits per heavy atom. The van der Waals surface area contributed by atoms with Gasteiger partial charge in [0.2, 0.25) is 0 Å². The van der Waals surface area contributed by atoms with Crippen LogP contribution in [0.15, 0.2) is 18.2 Å². The summed E-state index contributed by atoms with van der Waals surface area (Å²) < 4.78 is 10.9. The summed E-state index contributed by atoms with van der Waals surface area (Å²) >= 11 is 0. The summed E-state index contributed by atoms with van der Waals surface area (Å²) in [5.41, 5.74) is 2.39. The molecule has 1 atom stereocenters. The van der Waals surface area contributed by atoms with E-state index < -0.39 is 0 Å². The normalized spacial score (nSPS) is 12.5. The fraction of sp³-hybridized carbons (Fsp3) is 0.571. The van der Waals surface area contributed by atoms with Gasteiger partial charge in [-0.05, 0) is 37.6 Å². The SMILES string of the molecule is CCCOCC(NC)c1ccc(OC)c(C)c1. The highest BCUT2D eigenvalue weighted by molar-refractivity contribution is 5.37. The predicted molar refractivity (Wildman–Crippen MR) is 70.6 cm³/mol. The maximum atomic E-state index is 5.59. The van der Waals surface area contributed by atoms with Crippen molar-refractivity contribution in [3.05, 3.63) is 29.3 Å². The summed E-state index contributed by atoms with van der Waals surface area (Å²) in [4.78, 5) is 0. The zero-order chi connectivity index (χ0) is 12.7. The zero-order valence-electron chi connectivity index (χ0n) is 11.2.